The molecule has 1 spiro atoms. The van der Waals surface area contributed by atoms with Crippen LogP contribution in [-0.4, -0.2) is 24.5 Å². The third-order valence-electron chi connectivity index (χ3n) is 13.1. The van der Waals surface area contributed by atoms with E-state index in [0.29, 0.717) is 17.5 Å². The molecule has 0 N–H and O–H groups in total. The monoisotopic (exact) mass is 815 g/mol. The Balaban J connectivity index is 1.03. The highest BCUT2D eigenvalue weighted by Crippen LogP contribution is 2.63. The molecule has 298 valence electrons. The Bertz CT molecular complexity index is 3560. The lowest BCUT2D eigenvalue weighted by Crippen LogP contribution is -2.25. The number of hydrogen-bond acceptors (Lipinski definition) is 4. The van der Waals surface area contributed by atoms with E-state index in [1.165, 1.54) is 44.5 Å². The summed E-state index contributed by atoms with van der Waals surface area (Å²) in [5, 5.41) is 0. The maximum absolute atomic E-state index is 5.38. The second-order valence-electron chi connectivity index (χ2n) is 16.6. The van der Waals surface area contributed by atoms with E-state index in [-0.39, 0.29) is 0 Å². The van der Waals surface area contributed by atoms with Crippen LogP contribution in [0.15, 0.2) is 224 Å². The molecule has 0 unspecified atom stereocenters. The molecule has 0 saturated heterocycles. The van der Waals surface area contributed by atoms with Crippen LogP contribution in [0.1, 0.15) is 22.3 Å². The molecule has 0 bridgehead atoms. The van der Waals surface area contributed by atoms with Crippen LogP contribution in [0.3, 0.4) is 0 Å². The number of imidazole rings is 1. The Morgan fingerprint density at radius 1 is 0.297 bits per heavy atom. The zero-order valence-corrected chi connectivity index (χ0v) is 34.6. The van der Waals surface area contributed by atoms with E-state index in [1.807, 2.05) is 18.2 Å². The highest BCUT2D eigenvalue weighted by atomic mass is 15.1. The van der Waals surface area contributed by atoms with E-state index in [2.05, 4.69) is 211 Å². The van der Waals surface area contributed by atoms with Gasteiger partial charge in [-0.15, -0.1) is 0 Å². The first kappa shape index (κ1) is 36.1. The van der Waals surface area contributed by atoms with Gasteiger partial charge in [-0.05, 0) is 92.0 Å². The van der Waals surface area contributed by atoms with Crippen LogP contribution >= 0.6 is 0 Å². The molecule has 11 aromatic rings. The van der Waals surface area contributed by atoms with Crippen molar-refractivity contribution >= 4 is 11.0 Å². The Hall–Kier alpha value is -8.54. The molecular weight excluding hydrogens is 779 g/mol. The normalized spacial score (nSPS) is 12.8. The standard InChI is InChI=1S/C59H37N5/c1-3-17-38(18-4-1)40-21-15-22-41(35-40)55-61-56(42-23-16-24-44(36-42)64-54-32-14-13-31-53(54)60-58(64)39-19-5-2-6-20-39)63-57(62-55)43-33-34-48-47-27-9-12-30-51(47)59(52(48)37-43)49-28-10-7-25-45(49)46-26-8-11-29-50(46)59/h1-37H. The van der Waals surface area contributed by atoms with Crippen molar-refractivity contribution in [1.82, 2.24) is 24.5 Å². The van der Waals surface area contributed by atoms with Gasteiger partial charge in [0.1, 0.15) is 5.82 Å². The molecule has 0 aliphatic heterocycles. The summed E-state index contributed by atoms with van der Waals surface area (Å²) in [6.45, 7) is 0. The number of fused-ring (bicyclic) bond motifs is 11. The highest BCUT2D eigenvalue weighted by Gasteiger charge is 2.51. The minimum absolute atomic E-state index is 0.490. The molecule has 0 saturated carbocycles. The van der Waals surface area contributed by atoms with Crippen molar-refractivity contribution in [2.75, 3.05) is 0 Å². The average Bonchev–Trinajstić information content (AvgIpc) is 4.01. The van der Waals surface area contributed by atoms with Crippen molar-refractivity contribution in [2.45, 2.75) is 5.41 Å². The molecule has 0 fully saturated rings. The van der Waals surface area contributed by atoms with Crippen molar-refractivity contribution in [2.24, 2.45) is 0 Å². The third kappa shape index (κ3) is 5.44. The summed E-state index contributed by atoms with van der Waals surface area (Å²) in [6.07, 6.45) is 0. The Morgan fingerprint density at radius 2 is 0.766 bits per heavy atom. The molecule has 2 aliphatic rings. The first-order valence-electron chi connectivity index (χ1n) is 21.7. The average molecular weight is 816 g/mol. The van der Waals surface area contributed by atoms with Crippen molar-refractivity contribution < 1.29 is 0 Å². The summed E-state index contributed by atoms with van der Waals surface area (Å²) < 4.78 is 2.23. The molecule has 2 heterocycles. The summed E-state index contributed by atoms with van der Waals surface area (Å²) in [6, 6.07) is 79.6. The highest BCUT2D eigenvalue weighted by molar-refractivity contribution is 5.96. The molecule has 5 nitrogen and oxygen atoms in total. The van der Waals surface area contributed by atoms with Gasteiger partial charge < -0.3 is 0 Å². The topological polar surface area (TPSA) is 56.5 Å². The quantitative estimate of drug-likeness (QED) is 0.168. The molecule has 2 aliphatic carbocycles. The lowest BCUT2D eigenvalue weighted by Gasteiger charge is -2.30. The number of rotatable bonds is 6. The molecule has 0 amide bonds. The van der Waals surface area contributed by atoms with Gasteiger partial charge in [0.05, 0.1) is 16.4 Å². The number of para-hydroxylation sites is 2. The van der Waals surface area contributed by atoms with Gasteiger partial charge in [0.2, 0.25) is 0 Å². The Kier molecular flexibility index (Phi) is 8.06. The van der Waals surface area contributed by atoms with E-state index in [1.54, 1.807) is 0 Å². The third-order valence-corrected chi connectivity index (χ3v) is 13.1. The number of nitrogens with zero attached hydrogens (tertiary/aromatic N) is 5. The fraction of sp³-hybridized carbons (Fsp3) is 0.0169. The zero-order chi connectivity index (χ0) is 42.2. The van der Waals surface area contributed by atoms with Gasteiger partial charge in [0.25, 0.3) is 0 Å². The van der Waals surface area contributed by atoms with E-state index in [0.717, 1.165) is 55.9 Å². The predicted octanol–water partition coefficient (Wildman–Crippen LogP) is 13.9. The first-order chi connectivity index (χ1) is 31.7. The van der Waals surface area contributed by atoms with Crippen molar-refractivity contribution in [1.29, 1.82) is 0 Å². The van der Waals surface area contributed by atoms with Crippen LogP contribution in [-0.2, 0) is 5.41 Å². The molecule has 0 radical (unpaired) electrons. The molecule has 5 heteroatoms. The Morgan fingerprint density at radius 3 is 1.41 bits per heavy atom. The van der Waals surface area contributed by atoms with Crippen LogP contribution in [0.2, 0.25) is 0 Å². The molecule has 64 heavy (non-hydrogen) atoms. The van der Waals surface area contributed by atoms with Crippen LogP contribution in [0, 0.1) is 0 Å². The summed E-state index contributed by atoms with van der Waals surface area (Å²) in [7, 11) is 0. The van der Waals surface area contributed by atoms with Crippen LogP contribution in [0.25, 0.3) is 95.7 Å². The van der Waals surface area contributed by atoms with E-state index in [4.69, 9.17) is 19.9 Å². The van der Waals surface area contributed by atoms with E-state index < -0.39 is 5.41 Å². The van der Waals surface area contributed by atoms with Gasteiger partial charge >= 0.3 is 0 Å². The summed E-state index contributed by atoms with van der Waals surface area (Å²) in [5.41, 5.74) is 18.6. The fourth-order valence-electron chi connectivity index (χ4n) is 10.3. The van der Waals surface area contributed by atoms with E-state index >= 15 is 0 Å². The summed E-state index contributed by atoms with van der Waals surface area (Å²) in [4.78, 5) is 21.1. The fourth-order valence-corrected chi connectivity index (χ4v) is 10.3. The van der Waals surface area contributed by atoms with E-state index in [9.17, 15) is 0 Å². The van der Waals surface area contributed by atoms with Crippen molar-refractivity contribution in [3.63, 3.8) is 0 Å². The minimum atomic E-state index is -0.490. The van der Waals surface area contributed by atoms with Crippen molar-refractivity contribution in [3.8, 4) is 84.6 Å². The van der Waals surface area contributed by atoms with Gasteiger partial charge in [-0.25, -0.2) is 19.9 Å². The lowest BCUT2D eigenvalue weighted by atomic mass is 9.70. The Labute approximate surface area is 370 Å². The van der Waals surface area contributed by atoms with Crippen LogP contribution in [0.5, 0.6) is 0 Å². The molecule has 13 rings (SSSR count). The maximum Gasteiger partial charge on any atom is 0.164 e. The smallest absolute Gasteiger partial charge is 0.164 e. The minimum Gasteiger partial charge on any atom is -0.292 e. The second kappa shape index (κ2) is 14.3. The summed E-state index contributed by atoms with van der Waals surface area (Å²) in [5.74, 6) is 2.68. The lowest BCUT2D eigenvalue weighted by molar-refractivity contribution is 0.794. The molecular formula is C59H37N5. The van der Waals surface area contributed by atoms with Gasteiger partial charge in [-0.1, -0.05) is 188 Å². The maximum atomic E-state index is 5.38. The molecule has 9 aromatic carbocycles. The van der Waals surface area contributed by atoms with Crippen LogP contribution < -0.4 is 0 Å². The molecule has 2 aromatic heterocycles. The number of hydrogen-bond donors (Lipinski definition) is 0. The second-order valence-corrected chi connectivity index (χ2v) is 16.6. The van der Waals surface area contributed by atoms with Crippen molar-refractivity contribution in [3.05, 3.63) is 247 Å². The predicted molar refractivity (Wildman–Crippen MR) is 258 cm³/mol. The van der Waals surface area contributed by atoms with Crippen LogP contribution in [0.4, 0.5) is 0 Å². The van der Waals surface area contributed by atoms with Gasteiger partial charge in [-0.3, -0.25) is 4.57 Å². The van der Waals surface area contributed by atoms with Gasteiger partial charge in [0.15, 0.2) is 17.5 Å². The largest absolute Gasteiger partial charge is 0.292 e. The molecule has 0 atom stereocenters. The SMILES string of the molecule is c1ccc(-c2cccc(-c3nc(-c4cccc(-n5c(-c6ccccc6)nc6ccccc65)c4)nc(-c4ccc5c(c4)C4(c6ccccc6-c6ccccc64)c4ccccc4-5)n3)c2)cc1. The number of aromatic nitrogens is 5. The first-order valence-corrected chi connectivity index (χ1v) is 21.7. The van der Waals surface area contributed by atoms with Gasteiger partial charge in [0, 0.05) is 27.9 Å². The zero-order valence-electron chi connectivity index (χ0n) is 34.6. The van der Waals surface area contributed by atoms with Gasteiger partial charge in [-0.2, -0.15) is 0 Å². The summed E-state index contributed by atoms with van der Waals surface area (Å²) >= 11 is 0. The number of benzene rings is 9.